The molecule has 0 spiro atoms. The molecule has 0 radical (unpaired) electrons. The van der Waals surface area contributed by atoms with Crippen molar-refractivity contribution in [3.8, 4) is 0 Å². The second kappa shape index (κ2) is 4.77. The molecule has 2 rings (SSSR count). The van der Waals surface area contributed by atoms with E-state index >= 15 is 0 Å². The van der Waals surface area contributed by atoms with E-state index < -0.39 is 5.97 Å². The summed E-state index contributed by atoms with van der Waals surface area (Å²) in [4.78, 5) is 15.2. The van der Waals surface area contributed by atoms with Crippen LogP contribution in [0.5, 0.6) is 0 Å². The maximum absolute atomic E-state index is 10.3. The van der Waals surface area contributed by atoms with Crippen molar-refractivity contribution in [2.45, 2.75) is 18.9 Å². The van der Waals surface area contributed by atoms with Gasteiger partial charge in [0.15, 0.2) is 0 Å². The summed E-state index contributed by atoms with van der Waals surface area (Å²) in [5, 5.41) is 8.48. The molecular formula is C11H18N2O2. The third-order valence-corrected chi connectivity index (χ3v) is 3.30. The minimum atomic E-state index is -0.852. The van der Waals surface area contributed by atoms with Gasteiger partial charge in [0.2, 0.25) is 0 Å². The number of carboxylic acid groups (broad SMARTS) is 1. The zero-order valence-corrected chi connectivity index (χ0v) is 8.93. The molecule has 84 valence electrons. The number of rotatable bonds is 3. The van der Waals surface area contributed by atoms with E-state index in [0.717, 1.165) is 32.2 Å². The van der Waals surface area contributed by atoms with E-state index in [0.29, 0.717) is 0 Å². The fourth-order valence-corrected chi connectivity index (χ4v) is 2.52. The smallest absolute Gasteiger partial charge is 0.328 e. The zero-order valence-electron chi connectivity index (χ0n) is 8.93. The van der Waals surface area contributed by atoms with E-state index in [1.54, 1.807) is 6.08 Å². The van der Waals surface area contributed by atoms with Crippen LogP contribution in [0.4, 0.5) is 0 Å². The largest absolute Gasteiger partial charge is 0.478 e. The molecule has 2 heterocycles. The van der Waals surface area contributed by atoms with Gasteiger partial charge in [0, 0.05) is 38.3 Å². The summed E-state index contributed by atoms with van der Waals surface area (Å²) >= 11 is 0. The molecule has 2 aliphatic rings. The molecule has 15 heavy (non-hydrogen) atoms. The van der Waals surface area contributed by atoms with Crippen molar-refractivity contribution in [1.29, 1.82) is 0 Å². The molecule has 2 fully saturated rings. The first-order valence-electron chi connectivity index (χ1n) is 5.61. The molecule has 2 aliphatic heterocycles. The summed E-state index contributed by atoms with van der Waals surface area (Å²) in [7, 11) is 0. The Balaban J connectivity index is 1.78. The highest BCUT2D eigenvalue weighted by molar-refractivity contribution is 5.79. The minimum Gasteiger partial charge on any atom is -0.478 e. The van der Waals surface area contributed by atoms with E-state index in [1.807, 2.05) is 0 Å². The Kier molecular flexibility index (Phi) is 3.38. The van der Waals surface area contributed by atoms with Crippen LogP contribution in [0, 0.1) is 0 Å². The van der Waals surface area contributed by atoms with E-state index in [4.69, 9.17) is 5.11 Å². The molecule has 1 N–H and O–H groups in total. The number of carbonyl (C=O) groups is 1. The van der Waals surface area contributed by atoms with Crippen LogP contribution in [0.1, 0.15) is 12.8 Å². The number of hydrogen-bond acceptors (Lipinski definition) is 3. The third kappa shape index (κ3) is 2.79. The quantitative estimate of drug-likeness (QED) is 0.685. The highest BCUT2D eigenvalue weighted by Crippen LogP contribution is 2.21. The SMILES string of the molecule is O=C(O)C=CCN1CCN2CCCC2C1. The molecule has 0 amide bonds. The van der Waals surface area contributed by atoms with Gasteiger partial charge in [-0.3, -0.25) is 9.80 Å². The summed E-state index contributed by atoms with van der Waals surface area (Å²) in [6, 6.07) is 0.719. The maximum Gasteiger partial charge on any atom is 0.328 e. The fraction of sp³-hybridized carbons (Fsp3) is 0.727. The lowest BCUT2D eigenvalue weighted by molar-refractivity contribution is -0.131. The Labute approximate surface area is 90.2 Å². The summed E-state index contributed by atoms with van der Waals surface area (Å²) in [6.07, 6.45) is 5.61. The maximum atomic E-state index is 10.3. The van der Waals surface area contributed by atoms with Gasteiger partial charge in [-0.05, 0) is 19.4 Å². The summed E-state index contributed by atoms with van der Waals surface area (Å²) in [6.45, 7) is 5.34. The first kappa shape index (κ1) is 10.6. The molecule has 0 saturated carbocycles. The molecule has 0 aliphatic carbocycles. The minimum absolute atomic E-state index is 0.719. The lowest BCUT2D eigenvalue weighted by Crippen LogP contribution is -2.49. The number of aliphatic carboxylic acids is 1. The van der Waals surface area contributed by atoms with Gasteiger partial charge in [-0.25, -0.2) is 4.79 Å². The molecular weight excluding hydrogens is 192 g/mol. The van der Waals surface area contributed by atoms with E-state index in [-0.39, 0.29) is 0 Å². The van der Waals surface area contributed by atoms with Crippen LogP contribution in [-0.2, 0) is 4.79 Å². The third-order valence-electron chi connectivity index (χ3n) is 3.30. The first-order valence-corrected chi connectivity index (χ1v) is 5.61. The highest BCUT2D eigenvalue weighted by atomic mass is 16.4. The molecule has 4 heteroatoms. The Morgan fingerprint density at radius 2 is 2.27 bits per heavy atom. The number of fused-ring (bicyclic) bond motifs is 1. The van der Waals surface area contributed by atoms with Crippen molar-refractivity contribution >= 4 is 5.97 Å². The van der Waals surface area contributed by atoms with Crippen LogP contribution in [0.15, 0.2) is 12.2 Å². The fourth-order valence-electron chi connectivity index (χ4n) is 2.52. The van der Waals surface area contributed by atoms with Crippen molar-refractivity contribution < 1.29 is 9.90 Å². The van der Waals surface area contributed by atoms with Crippen LogP contribution >= 0.6 is 0 Å². The van der Waals surface area contributed by atoms with E-state index in [9.17, 15) is 4.79 Å². The van der Waals surface area contributed by atoms with Crippen LogP contribution < -0.4 is 0 Å². The topological polar surface area (TPSA) is 43.8 Å². The van der Waals surface area contributed by atoms with Crippen molar-refractivity contribution in [3.63, 3.8) is 0 Å². The van der Waals surface area contributed by atoms with Crippen LogP contribution in [-0.4, -0.2) is 59.6 Å². The van der Waals surface area contributed by atoms with Gasteiger partial charge >= 0.3 is 5.97 Å². The molecule has 4 nitrogen and oxygen atoms in total. The molecule has 0 aromatic rings. The Morgan fingerprint density at radius 3 is 3.07 bits per heavy atom. The average Bonchev–Trinajstić information content (AvgIpc) is 2.64. The second-order valence-electron chi connectivity index (χ2n) is 4.33. The van der Waals surface area contributed by atoms with Gasteiger partial charge in [-0.15, -0.1) is 0 Å². The second-order valence-corrected chi connectivity index (χ2v) is 4.33. The Hall–Kier alpha value is -0.870. The van der Waals surface area contributed by atoms with E-state index in [2.05, 4.69) is 9.80 Å². The van der Waals surface area contributed by atoms with Crippen molar-refractivity contribution in [2.24, 2.45) is 0 Å². The Bertz CT molecular complexity index is 265. The summed E-state index contributed by atoms with van der Waals surface area (Å²) in [5.41, 5.74) is 0. The monoisotopic (exact) mass is 210 g/mol. The summed E-state index contributed by atoms with van der Waals surface area (Å²) in [5.74, 6) is -0.852. The predicted octanol–water partition coefficient (Wildman–Crippen LogP) is 0.407. The van der Waals surface area contributed by atoms with Crippen molar-refractivity contribution in [3.05, 3.63) is 12.2 Å². The van der Waals surface area contributed by atoms with Crippen LogP contribution in [0.25, 0.3) is 0 Å². The van der Waals surface area contributed by atoms with Gasteiger partial charge in [-0.2, -0.15) is 0 Å². The van der Waals surface area contributed by atoms with Crippen molar-refractivity contribution in [1.82, 2.24) is 9.80 Å². The van der Waals surface area contributed by atoms with Gasteiger partial charge in [0.05, 0.1) is 0 Å². The summed E-state index contributed by atoms with van der Waals surface area (Å²) < 4.78 is 0. The Morgan fingerprint density at radius 1 is 1.40 bits per heavy atom. The van der Waals surface area contributed by atoms with Gasteiger partial charge < -0.3 is 5.11 Å². The standard InChI is InChI=1S/C11H18N2O2/c14-11(15)4-2-5-12-7-8-13-6-1-3-10(13)9-12/h2,4,10H,1,3,5-9H2,(H,14,15). The normalized spacial score (nSPS) is 28.4. The highest BCUT2D eigenvalue weighted by Gasteiger charge is 2.29. The number of hydrogen-bond donors (Lipinski definition) is 1. The molecule has 1 unspecified atom stereocenters. The van der Waals surface area contributed by atoms with Crippen molar-refractivity contribution in [2.75, 3.05) is 32.7 Å². The predicted molar refractivity (Wildman–Crippen MR) is 57.8 cm³/mol. The van der Waals surface area contributed by atoms with Crippen LogP contribution in [0.2, 0.25) is 0 Å². The van der Waals surface area contributed by atoms with E-state index in [1.165, 1.54) is 25.5 Å². The molecule has 1 atom stereocenters. The zero-order chi connectivity index (χ0) is 10.7. The molecule has 0 aromatic heterocycles. The lowest BCUT2D eigenvalue weighted by atomic mass is 10.1. The number of nitrogens with zero attached hydrogens (tertiary/aromatic N) is 2. The molecule has 0 aromatic carbocycles. The average molecular weight is 210 g/mol. The first-order chi connectivity index (χ1) is 7.25. The van der Waals surface area contributed by atoms with Gasteiger partial charge in [-0.1, -0.05) is 6.08 Å². The van der Waals surface area contributed by atoms with Gasteiger partial charge in [0.1, 0.15) is 0 Å². The molecule has 0 bridgehead atoms. The van der Waals surface area contributed by atoms with Crippen LogP contribution in [0.3, 0.4) is 0 Å². The number of carboxylic acids is 1. The number of piperazine rings is 1. The lowest BCUT2D eigenvalue weighted by Gasteiger charge is -2.36. The molecule has 2 saturated heterocycles. The van der Waals surface area contributed by atoms with Gasteiger partial charge in [0.25, 0.3) is 0 Å².